The maximum Gasteiger partial charge on any atom is 0.414 e. The number of benzene rings is 1. The predicted molar refractivity (Wildman–Crippen MR) is 62.2 cm³/mol. The van der Waals surface area contributed by atoms with Gasteiger partial charge in [-0.3, -0.25) is 0 Å². The van der Waals surface area contributed by atoms with Crippen LogP contribution < -0.4 is 4.74 Å². The molecule has 16 heavy (non-hydrogen) atoms. The van der Waals surface area contributed by atoms with E-state index in [0.717, 1.165) is 11.3 Å². The number of hydrogen-bond donors (Lipinski definition) is 0. The minimum Gasteiger partial charge on any atom is -0.497 e. The summed E-state index contributed by atoms with van der Waals surface area (Å²) in [6.07, 6.45) is -0.444. The minimum atomic E-state index is -0.444. The van der Waals surface area contributed by atoms with Crippen molar-refractivity contribution in [3.8, 4) is 5.75 Å². The summed E-state index contributed by atoms with van der Waals surface area (Å²) in [5, 5.41) is 0. The molecule has 0 radical (unpaired) electrons. The van der Waals surface area contributed by atoms with Gasteiger partial charge in [-0.25, -0.2) is 4.79 Å². The van der Waals surface area contributed by atoms with Crippen LogP contribution in [0, 0.1) is 0 Å². The molecule has 1 aromatic rings. The van der Waals surface area contributed by atoms with Crippen LogP contribution in [0.5, 0.6) is 5.75 Å². The van der Waals surface area contributed by atoms with E-state index < -0.39 is 6.09 Å². The lowest BCUT2D eigenvalue weighted by atomic mass is 10.2. The molecule has 86 valence electrons. The van der Waals surface area contributed by atoms with Gasteiger partial charge in [0.1, 0.15) is 11.5 Å². The molecule has 0 atom stereocenters. The predicted octanol–water partition coefficient (Wildman–Crippen LogP) is 2.36. The Labute approximate surface area is 95.1 Å². The maximum absolute atomic E-state index is 11.3. The third-order valence-corrected chi connectivity index (χ3v) is 1.99. The van der Waals surface area contributed by atoms with E-state index >= 15 is 0 Å². The smallest absolute Gasteiger partial charge is 0.414 e. The van der Waals surface area contributed by atoms with Crippen molar-refractivity contribution in [3.05, 3.63) is 36.4 Å². The van der Waals surface area contributed by atoms with Gasteiger partial charge in [0.15, 0.2) is 0 Å². The van der Waals surface area contributed by atoms with Gasteiger partial charge < -0.3 is 14.4 Å². The molecule has 1 aromatic carbocycles. The summed E-state index contributed by atoms with van der Waals surface area (Å²) in [7, 11) is 4.82. The first kappa shape index (κ1) is 12.1. The molecule has 0 spiro atoms. The molecule has 4 nitrogen and oxygen atoms in total. The second-order valence-electron chi connectivity index (χ2n) is 3.41. The molecule has 0 aliphatic heterocycles. The Morgan fingerprint density at radius 3 is 2.25 bits per heavy atom. The SMILES string of the molecule is C=C(OC(=O)N(C)C)c1ccc(OC)cc1. The van der Waals surface area contributed by atoms with Gasteiger partial charge >= 0.3 is 6.09 Å². The maximum atomic E-state index is 11.3. The van der Waals surface area contributed by atoms with Gasteiger partial charge in [-0.05, 0) is 24.3 Å². The Hall–Kier alpha value is -1.97. The zero-order valence-corrected chi connectivity index (χ0v) is 9.69. The van der Waals surface area contributed by atoms with Crippen LogP contribution >= 0.6 is 0 Å². The third-order valence-electron chi connectivity index (χ3n) is 1.99. The summed E-state index contributed by atoms with van der Waals surface area (Å²) in [4.78, 5) is 12.6. The van der Waals surface area contributed by atoms with Crippen molar-refractivity contribution in [2.75, 3.05) is 21.2 Å². The average Bonchev–Trinajstić information content (AvgIpc) is 2.28. The van der Waals surface area contributed by atoms with Gasteiger partial charge in [0.05, 0.1) is 7.11 Å². The van der Waals surface area contributed by atoms with Crippen LogP contribution in [0.4, 0.5) is 4.79 Å². The van der Waals surface area contributed by atoms with Crippen LogP contribution in [0.2, 0.25) is 0 Å². The Kier molecular flexibility index (Phi) is 3.94. The molecule has 0 saturated carbocycles. The molecule has 0 aliphatic carbocycles. The average molecular weight is 221 g/mol. The standard InChI is InChI=1S/C12H15NO3/c1-9(16-12(14)13(2)3)10-5-7-11(15-4)8-6-10/h5-8H,1H2,2-4H3. The first-order valence-corrected chi connectivity index (χ1v) is 4.77. The van der Waals surface area contributed by atoms with Crippen LogP contribution in [0.3, 0.4) is 0 Å². The van der Waals surface area contributed by atoms with Gasteiger partial charge in [0.25, 0.3) is 0 Å². The van der Waals surface area contributed by atoms with E-state index in [1.165, 1.54) is 4.90 Å². The zero-order valence-electron chi connectivity index (χ0n) is 9.69. The topological polar surface area (TPSA) is 38.8 Å². The monoisotopic (exact) mass is 221 g/mol. The first-order valence-electron chi connectivity index (χ1n) is 4.77. The molecule has 0 fully saturated rings. The van der Waals surface area contributed by atoms with Crippen molar-refractivity contribution in [1.82, 2.24) is 4.90 Å². The number of rotatable bonds is 3. The highest BCUT2D eigenvalue weighted by Crippen LogP contribution is 2.18. The van der Waals surface area contributed by atoms with Gasteiger partial charge in [-0.1, -0.05) is 6.58 Å². The number of hydrogen-bond acceptors (Lipinski definition) is 3. The van der Waals surface area contributed by atoms with Crippen molar-refractivity contribution >= 4 is 11.9 Å². The molecule has 1 amide bonds. The Balaban J connectivity index is 2.70. The van der Waals surface area contributed by atoms with Crippen LogP contribution in [0.1, 0.15) is 5.56 Å². The lowest BCUT2D eigenvalue weighted by Gasteiger charge is -2.12. The fraction of sp³-hybridized carbons (Fsp3) is 0.250. The number of amides is 1. The number of nitrogens with zero attached hydrogens (tertiary/aromatic N) is 1. The number of ether oxygens (including phenoxy) is 2. The molecular formula is C12H15NO3. The highest BCUT2D eigenvalue weighted by molar-refractivity contribution is 5.75. The van der Waals surface area contributed by atoms with Crippen molar-refractivity contribution in [2.45, 2.75) is 0 Å². The summed E-state index contributed by atoms with van der Waals surface area (Å²) in [5.41, 5.74) is 0.746. The van der Waals surface area contributed by atoms with Crippen LogP contribution in [-0.2, 0) is 4.74 Å². The Morgan fingerprint density at radius 1 is 1.25 bits per heavy atom. The van der Waals surface area contributed by atoms with Crippen molar-refractivity contribution in [3.63, 3.8) is 0 Å². The van der Waals surface area contributed by atoms with Crippen molar-refractivity contribution < 1.29 is 14.3 Å². The lowest BCUT2D eigenvalue weighted by Crippen LogP contribution is -2.21. The molecule has 0 aromatic heterocycles. The summed E-state index contributed by atoms with van der Waals surface area (Å²) in [5.74, 6) is 1.07. The normalized spacial score (nSPS) is 9.44. The van der Waals surface area contributed by atoms with Crippen LogP contribution in [0.15, 0.2) is 30.8 Å². The van der Waals surface area contributed by atoms with Crippen molar-refractivity contribution in [2.24, 2.45) is 0 Å². The first-order chi connectivity index (χ1) is 7.54. The zero-order chi connectivity index (χ0) is 12.1. The number of carbonyl (C=O) groups is 1. The largest absolute Gasteiger partial charge is 0.497 e. The summed E-state index contributed by atoms with van der Waals surface area (Å²) < 4.78 is 10.0. The minimum absolute atomic E-state index is 0.321. The Morgan fingerprint density at radius 2 is 1.81 bits per heavy atom. The van der Waals surface area contributed by atoms with Gasteiger partial charge in [-0.2, -0.15) is 0 Å². The van der Waals surface area contributed by atoms with Crippen molar-refractivity contribution in [1.29, 1.82) is 0 Å². The highest BCUT2D eigenvalue weighted by atomic mass is 16.6. The molecule has 1 rings (SSSR count). The van der Waals surface area contributed by atoms with Crippen LogP contribution in [-0.4, -0.2) is 32.2 Å². The van der Waals surface area contributed by atoms with Gasteiger partial charge in [0, 0.05) is 19.7 Å². The summed E-state index contributed by atoms with van der Waals surface area (Å²) in [6.45, 7) is 3.69. The molecule has 0 unspecified atom stereocenters. The second-order valence-corrected chi connectivity index (χ2v) is 3.41. The molecule has 0 heterocycles. The molecule has 0 bridgehead atoms. The third kappa shape index (κ3) is 3.02. The van der Waals surface area contributed by atoms with E-state index in [1.807, 2.05) is 0 Å². The van der Waals surface area contributed by atoms with Crippen LogP contribution in [0.25, 0.3) is 5.76 Å². The lowest BCUT2D eigenvalue weighted by molar-refractivity contribution is 0.163. The number of methoxy groups -OCH3 is 1. The number of carbonyl (C=O) groups excluding carboxylic acids is 1. The van der Waals surface area contributed by atoms with E-state index in [0.29, 0.717) is 5.76 Å². The van der Waals surface area contributed by atoms with Gasteiger partial charge in [0.2, 0.25) is 0 Å². The van der Waals surface area contributed by atoms with E-state index in [9.17, 15) is 4.79 Å². The highest BCUT2D eigenvalue weighted by Gasteiger charge is 2.08. The van der Waals surface area contributed by atoms with E-state index in [-0.39, 0.29) is 0 Å². The van der Waals surface area contributed by atoms with Gasteiger partial charge in [-0.15, -0.1) is 0 Å². The fourth-order valence-electron chi connectivity index (χ4n) is 1.03. The fourth-order valence-corrected chi connectivity index (χ4v) is 1.03. The molecule has 0 aliphatic rings. The summed E-state index contributed by atoms with van der Waals surface area (Å²) in [6, 6.07) is 7.13. The van der Waals surface area contributed by atoms with E-state index in [2.05, 4.69) is 6.58 Å². The quantitative estimate of drug-likeness (QED) is 0.735. The van der Waals surface area contributed by atoms with E-state index in [4.69, 9.17) is 9.47 Å². The summed E-state index contributed by atoms with van der Waals surface area (Å²) >= 11 is 0. The molecule has 0 saturated heterocycles. The second kappa shape index (κ2) is 5.21. The molecule has 0 N–H and O–H groups in total. The molecular weight excluding hydrogens is 206 g/mol. The Bertz CT molecular complexity index is 382. The molecule has 4 heteroatoms. The van der Waals surface area contributed by atoms with E-state index in [1.54, 1.807) is 45.5 Å².